The molecule has 0 fully saturated rings. The van der Waals surface area contributed by atoms with E-state index in [4.69, 9.17) is 12.2 Å². The summed E-state index contributed by atoms with van der Waals surface area (Å²) >= 11 is 5.25. The van der Waals surface area contributed by atoms with Crippen LogP contribution in [0, 0.1) is 21.9 Å². The molecule has 1 aromatic heterocycles. The van der Waals surface area contributed by atoms with E-state index in [2.05, 4.69) is 24.9 Å². The molecule has 0 aliphatic heterocycles. The fraction of sp³-hybridized carbons (Fsp3) is 0.538. The molecule has 1 N–H and O–H groups in total. The molecule has 0 amide bonds. The summed E-state index contributed by atoms with van der Waals surface area (Å²) in [4.78, 5) is 3.21. The van der Waals surface area contributed by atoms with Crippen LogP contribution in [0.25, 0.3) is 0 Å². The van der Waals surface area contributed by atoms with Gasteiger partial charge in [0.1, 0.15) is 10.7 Å². The van der Waals surface area contributed by atoms with Crippen LogP contribution in [0.3, 0.4) is 0 Å². The number of rotatable bonds is 2. The molecule has 2 nitrogen and oxygen atoms in total. The van der Waals surface area contributed by atoms with E-state index in [1.807, 2.05) is 0 Å². The van der Waals surface area contributed by atoms with Gasteiger partial charge >= 0.3 is 0 Å². The number of nitrogens with zero attached hydrogens (tertiary/aromatic N) is 1. The number of pyridine rings is 1. The molecule has 0 spiro atoms. The van der Waals surface area contributed by atoms with Crippen molar-refractivity contribution in [3.63, 3.8) is 0 Å². The molecule has 0 saturated carbocycles. The summed E-state index contributed by atoms with van der Waals surface area (Å²) in [6.07, 6.45) is 4.32. The Morgan fingerprint density at radius 3 is 2.81 bits per heavy atom. The Labute approximate surface area is 101 Å². The lowest BCUT2D eigenvalue weighted by molar-refractivity contribution is 0.641. The zero-order valence-electron chi connectivity index (χ0n) is 9.76. The Morgan fingerprint density at radius 1 is 1.44 bits per heavy atom. The molecule has 1 aromatic rings. The molecule has 84 valence electrons. The molecule has 0 bridgehead atoms. The van der Waals surface area contributed by atoms with E-state index in [9.17, 15) is 5.26 Å². The molecule has 0 radical (unpaired) electrons. The third kappa shape index (κ3) is 1.90. The van der Waals surface area contributed by atoms with Crippen molar-refractivity contribution in [2.45, 2.75) is 39.5 Å². The van der Waals surface area contributed by atoms with Crippen LogP contribution in [0.5, 0.6) is 0 Å². The summed E-state index contributed by atoms with van der Waals surface area (Å²) in [6, 6.07) is 2.26. The first-order valence-electron chi connectivity index (χ1n) is 5.80. The Hall–Kier alpha value is -1.14. The zero-order chi connectivity index (χ0) is 11.7. The zero-order valence-corrected chi connectivity index (χ0v) is 10.6. The molecule has 16 heavy (non-hydrogen) atoms. The third-order valence-corrected chi connectivity index (χ3v) is 3.41. The Bertz CT molecular complexity index is 506. The van der Waals surface area contributed by atoms with Crippen LogP contribution in [-0.2, 0) is 19.3 Å². The van der Waals surface area contributed by atoms with Gasteiger partial charge in [0, 0.05) is 5.69 Å². The summed E-state index contributed by atoms with van der Waals surface area (Å²) in [7, 11) is 0. The first kappa shape index (κ1) is 11.3. The second kappa shape index (κ2) is 4.39. The van der Waals surface area contributed by atoms with Gasteiger partial charge in [0.15, 0.2) is 0 Å². The van der Waals surface area contributed by atoms with E-state index in [1.54, 1.807) is 0 Å². The largest absolute Gasteiger partial charge is 0.349 e. The van der Waals surface area contributed by atoms with Crippen LogP contribution in [0.1, 0.15) is 42.7 Å². The fourth-order valence-electron chi connectivity index (χ4n) is 2.45. The number of aryl methyl sites for hydroxylation is 1. The molecular formula is C13H16N2S. The smallest absolute Gasteiger partial charge is 0.121 e. The van der Waals surface area contributed by atoms with Crippen molar-refractivity contribution in [3.05, 3.63) is 27.0 Å². The minimum absolute atomic E-state index is 0.564. The van der Waals surface area contributed by atoms with Crippen molar-refractivity contribution in [2.75, 3.05) is 0 Å². The highest BCUT2D eigenvalue weighted by atomic mass is 32.1. The number of fused-ring (bicyclic) bond motifs is 1. The van der Waals surface area contributed by atoms with Crippen LogP contribution in [-0.4, -0.2) is 4.98 Å². The molecule has 0 aromatic carbocycles. The first-order chi connectivity index (χ1) is 7.63. The molecular weight excluding hydrogens is 216 g/mol. The summed E-state index contributed by atoms with van der Waals surface area (Å²) in [5.41, 5.74) is 4.52. The summed E-state index contributed by atoms with van der Waals surface area (Å²) in [5, 5.41) is 9.21. The monoisotopic (exact) mass is 232 g/mol. The third-order valence-electron chi connectivity index (χ3n) is 3.10. The second-order valence-corrected chi connectivity index (χ2v) is 5.24. The van der Waals surface area contributed by atoms with Crippen molar-refractivity contribution >= 4 is 12.2 Å². The van der Waals surface area contributed by atoms with Gasteiger partial charge in [-0.1, -0.05) is 26.1 Å². The number of aromatic nitrogens is 1. The van der Waals surface area contributed by atoms with Gasteiger partial charge in [-0.2, -0.15) is 5.26 Å². The van der Waals surface area contributed by atoms with Crippen molar-refractivity contribution < 1.29 is 0 Å². The topological polar surface area (TPSA) is 39.6 Å². The standard InChI is InChI=1S/C13H16N2S/c1-8(2)6-10-9-4-3-5-12(9)15-13(16)11(10)7-14/h8H,3-6H2,1-2H3,(H,15,16). The van der Waals surface area contributed by atoms with Crippen LogP contribution in [0.4, 0.5) is 0 Å². The van der Waals surface area contributed by atoms with Crippen LogP contribution < -0.4 is 0 Å². The van der Waals surface area contributed by atoms with E-state index < -0.39 is 0 Å². The molecule has 0 saturated heterocycles. The van der Waals surface area contributed by atoms with Gasteiger partial charge in [-0.3, -0.25) is 0 Å². The highest BCUT2D eigenvalue weighted by molar-refractivity contribution is 7.71. The van der Waals surface area contributed by atoms with Crippen molar-refractivity contribution in [2.24, 2.45) is 5.92 Å². The molecule has 0 atom stereocenters. The molecule has 2 rings (SSSR count). The van der Waals surface area contributed by atoms with Gasteiger partial charge in [-0.05, 0) is 42.7 Å². The lowest BCUT2D eigenvalue weighted by Gasteiger charge is -2.13. The summed E-state index contributed by atoms with van der Waals surface area (Å²) < 4.78 is 0.624. The number of nitrogens with one attached hydrogen (secondary N) is 1. The molecule has 1 aliphatic rings. The summed E-state index contributed by atoms with van der Waals surface area (Å²) in [6.45, 7) is 4.37. The maximum absolute atomic E-state index is 9.21. The fourth-order valence-corrected chi connectivity index (χ4v) is 2.75. The van der Waals surface area contributed by atoms with Crippen LogP contribution in [0.2, 0.25) is 0 Å². The average molecular weight is 232 g/mol. The number of H-pyrrole nitrogens is 1. The second-order valence-electron chi connectivity index (χ2n) is 4.83. The number of aromatic amines is 1. The number of nitriles is 1. The highest BCUT2D eigenvalue weighted by Crippen LogP contribution is 2.28. The Morgan fingerprint density at radius 2 is 2.19 bits per heavy atom. The van der Waals surface area contributed by atoms with Crippen LogP contribution >= 0.6 is 12.2 Å². The van der Waals surface area contributed by atoms with Gasteiger partial charge in [-0.15, -0.1) is 0 Å². The van der Waals surface area contributed by atoms with E-state index in [1.165, 1.54) is 23.2 Å². The normalized spacial score (nSPS) is 13.9. The predicted molar refractivity (Wildman–Crippen MR) is 66.9 cm³/mol. The quantitative estimate of drug-likeness (QED) is 0.795. The Balaban J connectivity index is 2.63. The van der Waals surface area contributed by atoms with Gasteiger partial charge in [0.2, 0.25) is 0 Å². The SMILES string of the molecule is CC(C)Cc1c2c([nH]c(=S)c1C#N)CCC2. The first-order valence-corrected chi connectivity index (χ1v) is 6.21. The number of hydrogen-bond donors (Lipinski definition) is 1. The van der Waals surface area contributed by atoms with E-state index >= 15 is 0 Å². The van der Waals surface area contributed by atoms with E-state index in [0.717, 1.165) is 19.3 Å². The van der Waals surface area contributed by atoms with Crippen LogP contribution in [0.15, 0.2) is 0 Å². The highest BCUT2D eigenvalue weighted by Gasteiger charge is 2.20. The maximum Gasteiger partial charge on any atom is 0.121 e. The van der Waals surface area contributed by atoms with Crippen molar-refractivity contribution in [3.8, 4) is 6.07 Å². The van der Waals surface area contributed by atoms with Gasteiger partial charge in [0.25, 0.3) is 0 Å². The minimum Gasteiger partial charge on any atom is -0.349 e. The van der Waals surface area contributed by atoms with Gasteiger partial charge in [0.05, 0.1) is 5.56 Å². The van der Waals surface area contributed by atoms with Crippen molar-refractivity contribution in [1.82, 2.24) is 4.98 Å². The lowest BCUT2D eigenvalue weighted by atomic mass is 9.94. The van der Waals surface area contributed by atoms with E-state index in [-0.39, 0.29) is 0 Å². The molecule has 1 heterocycles. The van der Waals surface area contributed by atoms with Gasteiger partial charge in [-0.25, -0.2) is 0 Å². The number of hydrogen-bond acceptors (Lipinski definition) is 2. The predicted octanol–water partition coefficient (Wildman–Crippen LogP) is 3.30. The molecule has 0 unspecified atom stereocenters. The van der Waals surface area contributed by atoms with E-state index in [0.29, 0.717) is 16.1 Å². The lowest BCUT2D eigenvalue weighted by Crippen LogP contribution is -2.05. The molecule has 1 aliphatic carbocycles. The molecule has 3 heteroatoms. The Kier molecular flexibility index (Phi) is 3.11. The average Bonchev–Trinajstić information content (AvgIpc) is 2.64. The van der Waals surface area contributed by atoms with Crippen molar-refractivity contribution in [1.29, 1.82) is 5.26 Å². The maximum atomic E-state index is 9.21. The van der Waals surface area contributed by atoms with Gasteiger partial charge < -0.3 is 4.98 Å². The summed E-state index contributed by atoms with van der Waals surface area (Å²) in [5.74, 6) is 0.564. The minimum atomic E-state index is 0.564.